The minimum Gasteiger partial charge on any atom is -0.395 e. The number of nitrogens with one attached hydrogen (secondary N) is 1. The molecule has 2 N–H and O–H groups in total. The van der Waals surface area contributed by atoms with Gasteiger partial charge in [-0.05, 0) is 24.3 Å². The van der Waals surface area contributed by atoms with E-state index in [1.807, 2.05) is 0 Å². The molecule has 114 valence electrons. The first-order valence-electron chi connectivity index (χ1n) is 7.27. The number of para-hydroxylation sites is 1. The van der Waals surface area contributed by atoms with E-state index in [1.54, 1.807) is 42.5 Å². The van der Waals surface area contributed by atoms with Gasteiger partial charge in [-0.15, -0.1) is 0 Å². The van der Waals surface area contributed by atoms with Crippen molar-refractivity contribution in [3.05, 3.63) is 64.2 Å². The van der Waals surface area contributed by atoms with Crippen LogP contribution in [0.25, 0.3) is 16.6 Å². The highest BCUT2D eigenvalue weighted by Crippen LogP contribution is 2.31. The van der Waals surface area contributed by atoms with Gasteiger partial charge in [-0.1, -0.05) is 18.2 Å². The molecule has 0 fully saturated rings. The number of hydrogen-bond donors (Lipinski definition) is 2. The van der Waals surface area contributed by atoms with Gasteiger partial charge in [-0.3, -0.25) is 14.2 Å². The van der Waals surface area contributed by atoms with Crippen molar-refractivity contribution in [3.8, 4) is 5.69 Å². The normalized spacial score (nSPS) is 12.3. The molecular formula is C17H13N3O3. The van der Waals surface area contributed by atoms with Gasteiger partial charge in [-0.2, -0.15) is 0 Å². The summed E-state index contributed by atoms with van der Waals surface area (Å²) in [7, 11) is 0. The lowest BCUT2D eigenvalue weighted by Crippen LogP contribution is -2.21. The van der Waals surface area contributed by atoms with Gasteiger partial charge in [0.1, 0.15) is 0 Å². The van der Waals surface area contributed by atoms with Crippen molar-refractivity contribution in [1.82, 2.24) is 9.55 Å². The maximum absolute atomic E-state index is 12.8. The largest absolute Gasteiger partial charge is 0.395 e. The summed E-state index contributed by atoms with van der Waals surface area (Å²) in [5.74, 6) is -0.161. The number of aliphatic hydroxyl groups is 1. The van der Waals surface area contributed by atoms with E-state index in [0.717, 1.165) is 0 Å². The maximum Gasteiger partial charge on any atom is 0.266 e. The highest BCUT2D eigenvalue weighted by atomic mass is 16.3. The zero-order valence-electron chi connectivity index (χ0n) is 12.1. The molecular weight excluding hydrogens is 294 g/mol. The number of nitrogens with zero attached hydrogens (tertiary/aromatic N) is 2. The number of benzene rings is 2. The first kappa shape index (κ1) is 13.7. The third-order valence-corrected chi connectivity index (χ3v) is 3.92. The van der Waals surface area contributed by atoms with Crippen LogP contribution in [0.2, 0.25) is 0 Å². The summed E-state index contributed by atoms with van der Waals surface area (Å²) in [6.07, 6.45) is 0. The fraction of sp³-hybridized carbons (Fsp3) is 0.118. The number of anilines is 1. The molecule has 0 radical (unpaired) electrons. The summed E-state index contributed by atoms with van der Waals surface area (Å²) in [5, 5.41) is 12.5. The van der Waals surface area contributed by atoms with Crippen LogP contribution in [0.4, 0.5) is 5.69 Å². The molecule has 23 heavy (non-hydrogen) atoms. The fourth-order valence-electron chi connectivity index (χ4n) is 2.92. The number of carbonyl (C=O) groups is 1. The Kier molecular flexibility index (Phi) is 2.99. The van der Waals surface area contributed by atoms with E-state index in [2.05, 4.69) is 10.3 Å². The molecule has 2 aromatic carbocycles. The summed E-state index contributed by atoms with van der Waals surface area (Å²) < 4.78 is 1.37. The van der Waals surface area contributed by atoms with E-state index < -0.39 is 0 Å². The Morgan fingerprint density at radius 3 is 2.74 bits per heavy atom. The molecule has 0 unspecified atom stereocenters. The van der Waals surface area contributed by atoms with Gasteiger partial charge < -0.3 is 10.4 Å². The van der Waals surface area contributed by atoms with Gasteiger partial charge in [0.25, 0.3) is 5.56 Å². The van der Waals surface area contributed by atoms with E-state index in [-0.39, 0.29) is 23.8 Å². The molecule has 0 spiro atoms. The van der Waals surface area contributed by atoms with Gasteiger partial charge >= 0.3 is 0 Å². The summed E-state index contributed by atoms with van der Waals surface area (Å²) in [4.78, 5) is 29.9. The quantitative estimate of drug-likeness (QED) is 0.596. The van der Waals surface area contributed by atoms with Gasteiger partial charge in [0.2, 0.25) is 5.78 Å². The predicted molar refractivity (Wildman–Crippen MR) is 86.3 cm³/mol. The molecule has 0 aliphatic carbocycles. The lowest BCUT2D eigenvalue weighted by atomic mass is 10.1. The van der Waals surface area contributed by atoms with E-state index in [4.69, 9.17) is 5.11 Å². The fourth-order valence-corrected chi connectivity index (χ4v) is 2.92. The molecule has 0 saturated carbocycles. The second-order valence-electron chi connectivity index (χ2n) is 5.27. The lowest BCUT2D eigenvalue weighted by molar-refractivity contribution is 0.103. The highest BCUT2D eigenvalue weighted by Gasteiger charge is 2.32. The molecule has 1 aliphatic heterocycles. The predicted octanol–water partition coefficient (Wildman–Crippen LogP) is 1.33. The average Bonchev–Trinajstić information content (AvgIpc) is 2.87. The van der Waals surface area contributed by atoms with Crippen LogP contribution in [-0.4, -0.2) is 33.6 Å². The SMILES string of the molecule is O=C1c2c(NCCO)cccc2-n2c1nc1ccccc1c2=O. The minimum absolute atomic E-state index is 0.0487. The van der Waals surface area contributed by atoms with Crippen molar-refractivity contribution in [1.29, 1.82) is 0 Å². The third-order valence-electron chi connectivity index (χ3n) is 3.92. The van der Waals surface area contributed by atoms with Crippen LogP contribution < -0.4 is 10.9 Å². The summed E-state index contributed by atoms with van der Waals surface area (Å²) >= 11 is 0. The van der Waals surface area contributed by atoms with Gasteiger partial charge in [-0.25, -0.2) is 4.98 Å². The number of aliphatic hydroxyl groups excluding tert-OH is 1. The first-order chi connectivity index (χ1) is 11.2. The molecule has 1 aliphatic rings. The van der Waals surface area contributed by atoms with E-state index in [1.165, 1.54) is 4.57 Å². The Hall–Kier alpha value is -2.99. The Bertz CT molecular complexity index is 1010. The molecule has 0 atom stereocenters. The van der Waals surface area contributed by atoms with Crippen molar-refractivity contribution in [2.45, 2.75) is 0 Å². The number of rotatable bonds is 3. The van der Waals surface area contributed by atoms with Crippen LogP contribution in [0.5, 0.6) is 0 Å². The molecule has 6 nitrogen and oxygen atoms in total. The third kappa shape index (κ3) is 1.89. The molecule has 3 aromatic rings. The molecule has 2 heterocycles. The minimum atomic E-state index is -0.288. The molecule has 4 rings (SSSR count). The molecule has 0 bridgehead atoms. The molecule has 1 aromatic heterocycles. The number of fused-ring (bicyclic) bond motifs is 4. The number of ketones is 1. The summed E-state index contributed by atoms with van der Waals surface area (Å²) in [6.45, 7) is 0.275. The first-order valence-corrected chi connectivity index (χ1v) is 7.27. The second kappa shape index (κ2) is 5.03. The van der Waals surface area contributed by atoms with Crippen molar-refractivity contribution < 1.29 is 9.90 Å². The molecule has 6 heteroatoms. The zero-order valence-corrected chi connectivity index (χ0v) is 12.1. The van der Waals surface area contributed by atoms with E-state index in [0.29, 0.717) is 34.4 Å². The molecule has 0 amide bonds. The standard InChI is InChI=1S/C17H13N3O3/c21-9-8-18-12-6-3-7-13-14(12)15(22)16-19-11-5-2-1-4-10(11)17(23)20(13)16/h1-7,18,21H,8-9H2. The Morgan fingerprint density at radius 1 is 1.09 bits per heavy atom. The van der Waals surface area contributed by atoms with Gasteiger partial charge in [0, 0.05) is 12.2 Å². The molecule has 0 saturated heterocycles. The van der Waals surface area contributed by atoms with Crippen LogP contribution in [0, 0.1) is 0 Å². The maximum atomic E-state index is 12.8. The second-order valence-corrected chi connectivity index (χ2v) is 5.27. The number of carbonyl (C=O) groups excluding carboxylic acids is 1. The van der Waals surface area contributed by atoms with Crippen LogP contribution in [0.1, 0.15) is 16.2 Å². The topological polar surface area (TPSA) is 84.2 Å². The van der Waals surface area contributed by atoms with E-state index >= 15 is 0 Å². The van der Waals surface area contributed by atoms with Crippen molar-refractivity contribution in [3.63, 3.8) is 0 Å². The van der Waals surface area contributed by atoms with Crippen molar-refractivity contribution in [2.75, 3.05) is 18.5 Å². The monoisotopic (exact) mass is 307 g/mol. The lowest BCUT2D eigenvalue weighted by Gasteiger charge is -2.09. The van der Waals surface area contributed by atoms with Crippen LogP contribution in [0.15, 0.2) is 47.3 Å². The number of aromatic nitrogens is 2. The average molecular weight is 307 g/mol. The Morgan fingerprint density at radius 2 is 1.91 bits per heavy atom. The highest BCUT2D eigenvalue weighted by molar-refractivity contribution is 6.16. The van der Waals surface area contributed by atoms with E-state index in [9.17, 15) is 9.59 Å². The van der Waals surface area contributed by atoms with Crippen LogP contribution in [-0.2, 0) is 0 Å². The number of hydrogen-bond acceptors (Lipinski definition) is 5. The van der Waals surface area contributed by atoms with Crippen molar-refractivity contribution in [2.24, 2.45) is 0 Å². The van der Waals surface area contributed by atoms with Gasteiger partial charge in [0.05, 0.1) is 28.8 Å². The van der Waals surface area contributed by atoms with Crippen molar-refractivity contribution >= 4 is 22.4 Å². The smallest absolute Gasteiger partial charge is 0.266 e. The Labute approximate surface area is 131 Å². The zero-order chi connectivity index (χ0) is 16.0. The van der Waals surface area contributed by atoms with Crippen LogP contribution >= 0.6 is 0 Å². The summed E-state index contributed by atoms with van der Waals surface area (Å²) in [5.41, 5.74) is 1.79. The Balaban J connectivity index is 2.02. The van der Waals surface area contributed by atoms with Crippen LogP contribution in [0.3, 0.4) is 0 Å². The van der Waals surface area contributed by atoms with Gasteiger partial charge in [0.15, 0.2) is 5.82 Å². The summed E-state index contributed by atoms with van der Waals surface area (Å²) in [6, 6.07) is 12.2.